The summed E-state index contributed by atoms with van der Waals surface area (Å²) in [4.78, 5) is 33.9. The van der Waals surface area contributed by atoms with Crippen LogP contribution in [0.4, 0.5) is 10.2 Å². The molecule has 1 saturated heterocycles. The number of carbonyl (C=O) groups excluding carboxylic acids is 2. The summed E-state index contributed by atoms with van der Waals surface area (Å²) in [7, 11) is 0. The van der Waals surface area contributed by atoms with Crippen molar-refractivity contribution in [3.63, 3.8) is 0 Å². The number of carbonyl (C=O) groups is 2. The summed E-state index contributed by atoms with van der Waals surface area (Å²) in [5.41, 5.74) is 5.63. The van der Waals surface area contributed by atoms with E-state index < -0.39 is 17.3 Å². The molecule has 3 aromatic rings. The molecule has 0 aliphatic carbocycles. The third-order valence-corrected chi connectivity index (χ3v) is 5.52. The van der Waals surface area contributed by atoms with Gasteiger partial charge in [0.1, 0.15) is 23.9 Å². The molecule has 0 bridgehead atoms. The van der Waals surface area contributed by atoms with E-state index in [0.717, 1.165) is 6.07 Å². The first-order chi connectivity index (χ1) is 15.8. The third-order valence-electron chi connectivity index (χ3n) is 5.21. The normalized spacial score (nSPS) is 15.3. The maximum absolute atomic E-state index is 14.7. The number of hydrogen-bond donors (Lipinski definition) is 2. The number of nitrogens with zero attached hydrogens (tertiary/aromatic N) is 6. The van der Waals surface area contributed by atoms with Gasteiger partial charge in [-0.2, -0.15) is 10.4 Å². The van der Waals surface area contributed by atoms with E-state index >= 15 is 0 Å². The Bertz CT molecular complexity index is 1300. The molecule has 33 heavy (non-hydrogen) atoms. The summed E-state index contributed by atoms with van der Waals surface area (Å²) in [5, 5.41) is 16.5. The maximum atomic E-state index is 14.7. The van der Waals surface area contributed by atoms with Crippen LogP contribution in [0.15, 0.2) is 30.6 Å². The topological polar surface area (TPSA) is 143 Å². The van der Waals surface area contributed by atoms with Crippen LogP contribution in [-0.2, 0) is 0 Å². The van der Waals surface area contributed by atoms with Gasteiger partial charge in [0.05, 0.1) is 21.8 Å². The van der Waals surface area contributed by atoms with Crippen LogP contribution in [0, 0.1) is 24.1 Å². The second kappa shape index (κ2) is 8.84. The molecule has 0 radical (unpaired) electrons. The van der Waals surface area contributed by atoms with Crippen LogP contribution in [0.3, 0.4) is 0 Å². The van der Waals surface area contributed by atoms with Gasteiger partial charge in [-0.15, -0.1) is 0 Å². The molecular weight excluding hydrogens is 451 g/mol. The molecule has 3 heterocycles. The number of primary amides is 1. The number of benzene rings is 1. The lowest BCUT2D eigenvalue weighted by molar-refractivity contribution is 0.0939. The summed E-state index contributed by atoms with van der Waals surface area (Å²) in [6.07, 6.45) is 2.05. The van der Waals surface area contributed by atoms with Crippen LogP contribution in [0.25, 0.3) is 5.69 Å². The first kappa shape index (κ1) is 22.2. The van der Waals surface area contributed by atoms with Gasteiger partial charge in [-0.25, -0.2) is 19.0 Å². The van der Waals surface area contributed by atoms with Crippen LogP contribution in [0.5, 0.6) is 0 Å². The number of nitrogens with two attached hydrogens (primary N) is 1. The number of aromatic nitrogens is 4. The van der Waals surface area contributed by atoms with Crippen molar-refractivity contribution in [3.8, 4) is 11.8 Å². The number of rotatable bonds is 5. The molecule has 0 unspecified atom stereocenters. The Labute approximate surface area is 192 Å². The van der Waals surface area contributed by atoms with Crippen molar-refractivity contribution in [3.05, 3.63) is 64.1 Å². The SMILES string of the molecule is Cc1ncn(-c2ccc(C(=O)N[C@@H]3CCN(c4nc(C#N)cc(C(N)=O)c4F)C3)c(Cl)c2)n1. The van der Waals surface area contributed by atoms with Crippen molar-refractivity contribution in [2.75, 3.05) is 18.0 Å². The molecule has 4 rings (SSSR count). The maximum Gasteiger partial charge on any atom is 0.253 e. The number of amides is 2. The van der Waals surface area contributed by atoms with Gasteiger partial charge in [-0.05, 0) is 37.6 Å². The number of nitrogens with one attached hydrogen (secondary N) is 1. The third kappa shape index (κ3) is 4.47. The number of aryl methyl sites for hydroxylation is 1. The van der Waals surface area contributed by atoms with Gasteiger partial charge in [0, 0.05) is 19.1 Å². The number of anilines is 1. The molecule has 2 aromatic heterocycles. The summed E-state index contributed by atoms with van der Waals surface area (Å²) in [5.74, 6) is -1.81. The Morgan fingerprint density at radius 2 is 2.12 bits per heavy atom. The fourth-order valence-corrected chi connectivity index (χ4v) is 3.86. The lowest BCUT2D eigenvalue weighted by Gasteiger charge is -2.20. The molecule has 0 spiro atoms. The molecule has 2 amide bonds. The standard InChI is InChI=1S/C21H18ClFN8O2/c1-11-26-10-31(29-11)14-2-3-15(17(22)7-14)21(33)28-12-4-5-30(9-12)20-18(23)16(19(25)32)6-13(8-24)27-20/h2-3,6-7,10,12H,4-5,9H2,1H3,(H2,25,32)(H,28,33)/t12-/m1/s1. The zero-order valence-corrected chi connectivity index (χ0v) is 18.2. The Hall–Kier alpha value is -4.04. The highest BCUT2D eigenvalue weighted by Crippen LogP contribution is 2.26. The van der Waals surface area contributed by atoms with Crippen molar-refractivity contribution < 1.29 is 14.0 Å². The first-order valence-corrected chi connectivity index (χ1v) is 10.3. The van der Waals surface area contributed by atoms with Crippen molar-refractivity contribution in [1.82, 2.24) is 25.1 Å². The monoisotopic (exact) mass is 468 g/mol. The number of hydrogen-bond acceptors (Lipinski definition) is 7. The smallest absolute Gasteiger partial charge is 0.253 e. The number of halogens is 2. The second-order valence-corrected chi connectivity index (χ2v) is 7.88. The van der Waals surface area contributed by atoms with Crippen molar-refractivity contribution in [2.45, 2.75) is 19.4 Å². The number of nitriles is 1. The predicted octanol–water partition coefficient (Wildman–Crippen LogP) is 1.74. The van der Waals surface area contributed by atoms with Crippen molar-refractivity contribution >= 4 is 29.2 Å². The molecule has 1 atom stereocenters. The quantitative estimate of drug-likeness (QED) is 0.580. The van der Waals surface area contributed by atoms with Crippen LogP contribution in [-0.4, -0.2) is 50.7 Å². The summed E-state index contributed by atoms with van der Waals surface area (Å²) >= 11 is 6.33. The Kier molecular flexibility index (Phi) is 5.93. The lowest BCUT2D eigenvalue weighted by Crippen LogP contribution is -2.37. The van der Waals surface area contributed by atoms with Crippen molar-refractivity contribution in [1.29, 1.82) is 5.26 Å². The van der Waals surface area contributed by atoms with Gasteiger partial charge in [-0.3, -0.25) is 9.59 Å². The molecule has 12 heteroatoms. The largest absolute Gasteiger partial charge is 0.366 e. The van der Waals surface area contributed by atoms with E-state index in [0.29, 0.717) is 24.5 Å². The molecule has 0 saturated carbocycles. The Morgan fingerprint density at radius 1 is 1.33 bits per heavy atom. The minimum atomic E-state index is -0.990. The van der Waals surface area contributed by atoms with Crippen LogP contribution < -0.4 is 16.0 Å². The second-order valence-electron chi connectivity index (χ2n) is 7.47. The zero-order chi connectivity index (χ0) is 23.7. The average Bonchev–Trinajstić information content (AvgIpc) is 3.42. The Morgan fingerprint density at radius 3 is 2.76 bits per heavy atom. The molecular formula is C21H18ClFN8O2. The fourth-order valence-electron chi connectivity index (χ4n) is 3.60. The van der Waals surface area contributed by atoms with Gasteiger partial charge in [0.15, 0.2) is 11.6 Å². The highest BCUT2D eigenvalue weighted by molar-refractivity contribution is 6.34. The summed E-state index contributed by atoms with van der Waals surface area (Å²) in [6, 6.07) is 7.40. The van der Waals surface area contributed by atoms with Gasteiger partial charge in [0.25, 0.3) is 11.8 Å². The predicted molar refractivity (Wildman–Crippen MR) is 117 cm³/mol. The van der Waals surface area contributed by atoms with E-state index in [-0.39, 0.29) is 40.6 Å². The highest BCUT2D eigenvalue weighted by Gasteiger charge is 2.29. The minimum absolute atomic E-state index is 0.123. The van der Waals surface area contributed by atoms with E-state index in [9.17, 15) is 14.0 Å². The summed E-state index contributed by atoms with van der Waals surface area (Å²) in [6.45, 7) is 2.36. The minimum Gasteiger partial charge on any atom is -0.366 e. The van der Waals surface area contributed by atoms with Gasteiger partial charge < -0.3 is 16.0 Å². The Balaban J connectivity index is 1.48. The summed E-state index contributed by atoms with van der Waals surface area (Å²) < 4.78 is 16.3. The zero-order valence-electron chi connectivity index (χ0n) is 17.4. The molecule has 168 valence electrons. The molecule has 1 aliphatic rings. The lowest BCUT2D eigenvalue weighted by atomic mass is 10.1. The van der Waals surface area contributed by atoms with Crippen molar-refractivity contribution in [2.24, 2.45) is 5.73 Å². The van der Waals surface area contributed by atoms with E-state index in [1.807, 2.05) is 0 Å². The molecule has 3 N–H and O–H groups in total. The number of pyridine rings is 1. The van der Waals surface area contributed by atoms with Gasteiger partial charge >= 0.3 is 0 Å². The van der Waals surface area contributed by atoms with Crippen LogP contribution in [0.1, 0.15) is 38.7 Å². The van der Waals surface area contributed by atoms with E-state index in [1.54, 1.807) is 47.1 Å². The van der Waals surface area contributed by atoms with E-state index in [4.69, 9.17) is 22.6 Å². The molecule has 1 aromatic carbocycles. The average molecular weight is 469 g/mol. The van der Waals surface area contributed by atoms with E-state index in [1.165, 1.54) is 0 Å². The van der Waals surface area contributed by atoms with Gasteiger partial charge in [0.2, 0.25) is 0 Å². The fraction of sp³-hybridized carbons (Fsp3) is 0.238. The van der Waals surface area contributed by atoms with E-state index in [2.05, 4.69) is 20.4 Å². The van der Waals surface area contributed by atoms with Gasteiger partial charge in [-0.1, -0.05) is 11.6 Å². The molecule has 1 aliphatic heterocycles. The molecule has 10 nitrogen and oxygen atoms in total. The first-order valence-electron chi connectivity index (χ1n) is 9.91. The highest BCUT2D eigenvalue weighted by atomic mass is 35.5. The molecule has 1 fully saturated rings. The van der Waals surface area contributed by atoms with Crippen LogP contribution in [0.2, 0.25) is 5.02 Å². The van der Waals surface area contributed by atoms with Crippen LogP contribution >= 0.6 is 11.6 Å².